The molecule has 1 aliphatic carbocycles. The number of carbonyl (C=O) groups excluding carboxylic acids is 1. The smallest absolute Gasteiger partial charge is 0.273 e. The first kappa shape index (κ1) is 12.7. The minimum Gasteiger partial charge on any atom is -0.360 e. The molecule has 2 fully saturated rings. The van der Waals surface area contributed by atoms with Crippen LogP contribution in [0.15, 0.2) is 10.6 Å². The molecule has 2 heterocycles. The molecule has 0 radical (unpaired) electrons. The van der Waals surface area contributed by atoms with Crippen molar-refractivity contribution in [2.45, 2.75) is 51.1 Å². The molecule has 1 N–H and O–H groups in total. The van der Waals surface area contributed by atoms with Crippen molar-refractivity contribution in [3.8, 4) is 0 Å². The Kier molecular flexibility index (Phi) is 3.31. The van der Waals surface area contributed by atoms with E-state index in [9.17, 15) is 4.79 Å². The van der Waals surface area contributed by atoms with Gasteiger partial charge in [-0.15, -0.1) is 0 Å². The van der Waals surface area contributed by atoms with Crippen LogP contribution in [0.5, 0.6) is 0 Å². The number of rotatable bonds is 4. The molecule has 1 aromatic rings. The summed E-state index contributed by atoms with van der Waals surface area (Å²) in [7, 11) is 0. The van der Waals surface area contributed by atoms with E-state index < -0.39 is 0 Å². The maximum absolute atomic E-state index is 12.1. The van der Waals surface area contributed by atoms with E-state index in [1.807, 2.05) is 13.8 Å². The Morgan fingerprint density at radius 1 is 1.47 bits per heavy atom. The fourth-order valence-corrected chi connectivity index (χ4v) is 2.60. The van der Waals surface area contributed by atoms with Crippen molar-refractivity contribution in [3.05, 3.63) is 17.5 Å². The van der Waals surface area contributed by atoms with Crippen molar-refractivity contribution < 1.29 is 9.32 Å². The molecule has 0 spiro atoms. The molecule has 1 saturated carbocycles. The number of likely N-dealkylation sites (tertiary alicyclic amines) is 1. The van der Waals surface area contributed by atoms with Crippen molar-refractivity contribution in [2.24, 2.45) is 0 Å². The first-order chi connectivity index (χ1) is 9.13. The van der Waals surface area contributed by atoms with E-state index in [2.05, 4.69) is 15.4 Å². The third-order valence-electron chi connectivity index (χ3n) is 3.95. The van der Waals surface area contributed by atoms with Crippen LogP contribution in [-0.4, -0.2) is 41.1 Å². The average Bonchev–Trinajstić information content (AvgIpc) is 2.92. The summed E-state index contributed by atoms with van der Waals surface area (Å²) >= 11 is 0. The SMILES string of the molecule is CC(C)c1cc(C(=O)NC2CCN(C3CC3)C2)no1. The summed E-state index contributed by atoms with van der Waals surface area (Å²) in [6, 6.07) is 2.78. The number of carbonyl (C=O) groups is 1. The van der Waals surface area contributed by atoms with Crippen LogP contribution in [-0.2, 0) is 0 Å². The first-order valence-corrected chi connectivity index (χ1v) is 7.15. The van der Waals surface area contributed by atoms with Gasteiger partial charge < -0.3 is 9.84 Å². The number of nitrogens with zero attached hydrogens (tertiary/aromatic N) is 2. The Bertz CT molecular complexity index is 465. The average molecular weight is 263 g/mol. The second-order valence-corrected chi connectivity index (χ2v) is 5.95. The van der Waals surface area contributed by atoms with Gasteiger partial charge >= 0.3 is 0 Å². The standard InChI is InChI=1S/C14H21N3O2/c1-9(2)13-7-12(16-19-13)14(18)15-10-5-6-17(8-10)11-3-4-11/h7,9-11H,3-6,8H2,1-2H3,(H,15,18). The summed E-state index contributed by atoms with van der Waals surface area (Å²) in [6.45, 7) is 6.12. The van der Waals surface area contributed by atoms with Crippen molar-refractivity contribution >= 4 is 5.91 Å². The zero-order valence-electron chi connectivity index (χ0n) is 11.6. The molecule has 5 heteroatoms. The Hall–Kier alpha value is -1.36. The van der Waals surface area contributed by atoms with Gasteiger partial charge in [0.1, 0.15) is 5.76 Å². The quantitative estimate of drug-likeness (QED) is 0.899. The number of hydrogen-bond acceptors (Lipinski definition) is 4. The highest BCUT2D eigenvalue weighted by molar-refractivity contribution is 5.92. The third kappa shape index (κ3) is 2.81. The van der Waals surface area contributed by atoms with E-state index in [4.69, 9.17) is 4.52 Å². The minimum absolute atomic E-state index is 0.113. The topological polar surface area (TPSA) is 58.4 Å². The predicted octanol–water partition coefficient (Wildman–Crippen LogP) is 1.76. The molecular formula is C14H21N3O2. The highest BCUT2D eigenvalue weighted by Crippen LogP contribution is 2.29. The summed E-state index contributed by atoms with van der Waals surface area (Å²) in [6.07, 6.45) is 3.68. The molecule has 104 valence electrons. The van der Waals surface area contributed by atoms with Crippen LogP contribution >= 0.6 is 0 Å². The van der Waals surface area contributed by atoms with Gasteiger partial charge in [0.25, 0.3) is 5.91 Å². The monoisotopic (exact) mass is 263 g/mol. The Labute approximate surface area is 113 Å². The summed E-state index contributed by atoms with van der Waals surface area (Å²) in [5.74, 6) is 0.903. The van der Waals surface area contributed by atoms with E-state index in [0.29, 0.717) is 5.69 Å². The highest BCUT2D eigenvalue weighted by atomic mass is 16.5. The fraction of sp³-hybridized carbons (Fsp3) is 0.714. The molecule has 1 aliphatic heterocycles. The van der Waals surface area contributed by atoms with E-state index in [1.54, 1.807) is 6.07 Å². The lowest BCUT2D eigenvalue weighted by molar-refractivity contribution is 0.0928. The van der Waals surface area contributed by atoms with Crippen LogP contribution in [0, 0.1) is 0 Å². The molecule has 0 aromatic carbocycles. The van der Waals surface area contributed by atoms with Gasteiger partial charge in [-0.05, 0) is 19.3 Å². The second-order valence-electron chi connectivity index (χ2n) is 5.95. The van der Waals surface area contributed by atoms with E-state index in [0.717, 1.165) is 31.3 Å². The summed E-state index contributed by atoms with van der Waals surface area (Å²) in [5, 5.41) is 6.90. The molecule has 1 saturated heterocycles. The molecule has 2 aliphatic rings. The summed E-state index contributed by atoms with van der Waals surface area (Å²) in [4.78, 5) is 14.6. The molecule has 3 rings (SSSR count). The van der Waals surface area contributed by atoms with Gasteiger partial charge in [0.15, 0.2) is 5.69 Å². The highest BCUT2D eigenvalue weighted by Gasteiger charge is 2.35. The molecule has 1 atom stereocenters. The van der Waals surface area contributed by atoms with Crippen LogP contribution in [0.3, 0.4) is 0 Å². The van der Waals surface area contributed by atoms with Crippen LogP contribution in [0.1, 0.15) is 55.3 Å². The van der Waals surface area contributed by atoms with Crippen molar-refractivity contribution in [1.82, 2.24) is 15.4 Å². The van der Waals surface area contributed by atoms with E-state index >= 15 is 0 Å². The number of hydrogen-bond donors (Lipinski definition) is 1. The van der Waals surface area contributed by atoms with Crippen LogP contribution in [0.2, 0.25) is 0 Å². The van der Waals surface area contributed by atoms with Crippen LogP contribution in [0.4, 0.5) is 0 Å². The first-order valence-electron chi connectivity index (χ1n) is 7.15. The van der Waals surface area contributed by atoms with Crippen LogP contribution in [0.25, 0.3) is 0 Å². The number of aromatic nitrogens is 1. The number of amides is 1. The molecule has 19 heavy (non-hydrogen) atoms. The number of nitrogens with one attached hydrogen (secondary N) is 1. The van der Waals surface area contributed by atoms with Gasteiger partial charge in [0, 0.05) is 37.2 Å². The van der Waals surface area contributed by atoms with Gasteiger partial charge in [-0.3, -0.25) is 9.69 Å². The zero-order valence-corrected chi connectivity index (χ0v) is 11.6. The largest absolute Gasteiger partial charge is 0.360 e. The zero-order chi connectivity index (χ0) is 13.4. The van der Waals surface area contributed by atoms with Crippen molar-refractivity contribution in [3.63, 3.8) is 0 Å². The molecular weight excluding hydrogens is 242 g/mol. The lowest BCUT2D eigenvalue weighted by Crippen LogP contribution is -2.37. The van der Waals surface area contributed by atoms with E-state index in [1.165, 1.54) is 12.8 Å². The Balaban J connectivity index is 1.55. The molecule has 1 aromatic heterocycles. The summed E-state index contributed by atoms with van der Waals surface area (Å²) < 4.78 is 5.16. The normalized spacial score (nSPS) is 24.1. The molecule has 1 unspecified atom stereocenters. The van der Waals surface area contributed by atoms with Crippen molar-refractivity contribution in [1.29, 1.82) is 0 Å². The van der Waals surface area contributed by atoms with Gasteiger partial charge in [-0.1, -0.05) is 19.0 Å². The molecule has 0 bridgehead atoms. The van der Waals surface area contributed by atoms with Gasteiger partial charge in [0.05, 0.1) is 0 Å². The van der Waals surface area contributed by atoms with Gasteiger partial charge in [-0.2, -0.15) is 0 Å². The fourth-order valence-electron chi connectivity index (χ4n) is 2.60. The summed E-state index contributed by atoms with van der Waals surface area (Å²) in [5.41, 5.74) is 0.397. The Morgan fingerprint density at radius 3 is 2.89 bits per heavy atom. The van der Waals surface area contributed by atoms with Crippen LogP contribution < -0.4 is 5.32 Å². The second kappa shape index (κ2) is 4.96. The van der Waals surface area contributed by atoms with Crippen molar-refractivity contribution in [2.75, 3.05) is 13.1 Å². The lowest BCUT2D eigenvalue weighted by atomic mass is 10.1. The van der Waals surface area contributed by atoms with Gasteiger partial charge in [-0.25, -0.2) is 0 Å². The molecule has 1 amide bonds. The molecule has 5 nitrogen and oxygen atoms in total. The lowest BCUT2D eigenvalue weighted by Gasteiger charge is -2.15. The minimum atomic E-state index is -0.113. The Morgan fingerprint density at radius 2 is 2.26 bits per heavy atom. The maximum atomic E-state index is 12.1. The maximum Gasteiger partial charge on any atom is 0.273 e. The van der Waals surface area contributed by atoms with Gasteiger partial charge in [0.2, 0.25) is 0 Å². The van der Waals surface area contributed by atoms with E-state index in [-0.39, 0.29) is 17.9 Å². The third-order valence-corrected chi connectivity index (χ3v) is 3.95. The predicted molar refractivity (Wildman–Crippen MR) is 71.1 cm³/mol.